The summed E-state index contributed by atoms with van der Waals surface area (Å²) < 4.78 is 4.68. The molecular formula is C10H20N2O3. The first kappa shape index (κ1) is 13.9. The van der Waals surface area contributed by atoms with Gasteiger partial charge in [-0.2, -0.15) is 0 Å². The lowest BCUT2D eigenvalue weighted by molar-refractivity contribution is -0.118. The van der Waals surface area contributed by atoms with Crippen molar-refractivity contribution in [3.8, 4) is 0 Å². The second-order valence-corrected chi connectivity index (χ2v) is 3.36. The summed E-state index contributed by atoms with van der Waals surface area (Å²) in [6.45, 7) is 4.18. The number of unbranched alkanes of at least 4 members (excludes halogenated alkanes) is 1. The molecule has 0 aliphatic rings. The first-order valence-electron chi connectivity index (χ1n) is 5.24. The molecule has 3 N–H and O–H groups in total. The van der Waals surface area contributed by atoms with Gasteiger partial charge in [-0.3, -0.25) is 4.79 Å². The van der Waals surface area contributed by atoms with Crippen molar-refractivity contribution in [1.82, 2.24) is 5.32 Å². The number of rotatable bonds is 7. The van der Waals surface area contributed by atoms with Crippen LogP contribution in [-0.2, 0) is 9.53 Å². The number of nitrogens with two attached hydrogens (primary N) is 1. The van der Waals surface area contributed by atoms with Crippen LogP contribution in [0.2, 0.25) is 0 Å². The Labute approximate surface area is 90.4 Å². The molecule has 15 heavy (non-hydrogen) atoms. The van der Waals surface area contributed by atoms with Crippen molar-refractivity contribution in [2.75, 3.05) is 13.2 Å². The largest absolute Gasteiger partial charge is 0.450 e. The highest BCUT2D eigenvalue weighted by Crippen LogP contribution is 1.98. The van der Waals surface area contributed by atoms with E-state index < -0.39 is 6.09 Å². The Morgan fingerprint density at radius 1 is 1.40 bits per heavy atom. The van der Waals surface area contributed by atoms with Gasteiger partial charge in [0, 0.05) is 6.54 Å². The molecule has 0 radical (unpaired) electrons. The summed E-state index contributed by atoms with van der Waals surface area (Å²) in [5.41, 5.74) is 5.54. The monoisotopic (exact) mass is 216 g/mol. The number of nitrogens with one attached hydrogen (secondary N) is 1. The number of carbonyl (C=O) groups excluding carboxylic acids is 2. The number of hydrogen-bond donors (Lipinski definition) is 2. The van der Waals surface area contributed by atoms with Crippen LogP contribution in [0.25, 0.3) is 0 Å². The molecule has 0 aromatic rings. The molecular weight excluding hydrogens is 196 g/mol. The van der Waals surface area contributed by atoms with Crippen LogP contribution >= 0.6 is 0 Å². The standard InChI is InChI=1S/C10H20N2O3/c1-3-15-10(14)12-7-5-4-6-9(11)8(2)13/h9H,3-7,11H2,1-2H3,(H,12,14). The fourth-order valence-corrected chi connectivity index (χ4v) is 1.07. The van der Waals surface area contributed by atoms with Gasteiger partial charge in [-0.1, -0.05) is 0 Å². The van der Waals surface area contributed by atoms with E-state index in [1.807, 2.05) is 0 Å². The predicted octanol–water partition coefficient (Wildman–Crippen LogP) is 0.819. The second kappa shape index (κ2) is 8.23. The van der Waals surface area contributed by atoms with E-state index >= 15 is 0 Å². The van der Waals surface area contributed by atoms with Gasteiger partial charge in [-0.15, -0.1) is 0 Å². The highest BCUT2D eigenvalue weighted by atomic mass is 16.5. The van der Waals surface area contributed by atoms with Gasteiger partial charge in [0.2, 0.25) is 0 Å². The maximum Gasteiger partial charge on any atom is 0.407 e. The molecule has 0 saturated carbocycles. The van der Waals surface area contributed by atoms with E-state index in [1.165, 1.54) is 6.92 Å². The van der Waals surface area contributed by atoms with E-state index in [-0.39, 0.29) is 11.8 Å². The maximum atomic E-state index is 10.8. The molecule has 0 rings (SSSR count). The molecule has 1 amide bonds. The van der Waals surface area contributed by atoms with Crippen LogP contribution in [-0.4, -0.2) is 31.1 Å². The minimum atomic E-state index is -0.395. The normalized spacial score (nSPS) is 11.9. The first-order chi connectivity index (χ1) is 7.07. The van der Waals surface area contributed by atoms with Crippen molar-refractivity contribution in [3.63, 3.8) is 0 Å². The van der Waals surface area contributed by atoms with E-state index in [0.717, 1.165) is 12.8 Å². The van der Waals surface area contributed by atoms with Crippen molar-refractivity contribution in [2.45, 2.75) is 39.2 Å². The lowest BCUT2D eigenvalue weighted by atomic mass is 10.1. The lowest BCUT2D eigenvalue weighted by Crippen LogP contribution is -2.29. The number of Topliss-reactive ketones (excluding diaryl/α,β-unsaturated/α-hetero) is 1. The predicted molar refractivity (Wildman–Crippen MR) is 57.5 cm³/mol. The first-order valence-corrected chi connectivity index (χ1v) is 5.24. The van der Waals surface area contributed by atoms with Gasteiger partial charge in [0.1, 0.15) is 5.78 Å². The van der Waals surface area contributed by atoms with E-state index in [1.54, 1.807) is 6.92 Å². The average Bonchev–Trinajstić information content (AvgIpc) is 2.17. The van der Waals surface area contributed by atoms with Crippen LogP contribution < -0.4 is 11.1 Å². The number of hydrogen-bond acceptors (Lipinski definition) is 4. The summed E-state index contributed by atoms with van der Waals surface area (Å²) in [5.74, 6) is 0.00773. The Hall–Kier alpha value is -1.10. The molecule has 5 nitrogen and oxygen atoms in total. The van der Waals surface area contributed by atoms with Gasteiger partial charge in [-0.05, 0) is 33.1 Å². The molecule has 0 aliphatic carbocycles. The zero-order chi connectivity index (χ0) is 11.7. The fourth-order valence-electron chi connectivity index (χ4n) is 1.07. The molecule has 1 unspecified atom stereocenters. The Bertz CT molecular complexity index is 207. The smallest absolute Gasteiger partial charge is 0.407 e. The molecule has 0 saturated heterocycles. The van der Waals surface area contributed by atoms with Crippen molar-refractivity contribution < 1.29 is 14.3 Å². The molecule has 0 bridgehead atoms. The van der Waals surface area contributed by atoms with Gasteiger partial charge in [0.05, 0.1) is 12.6 Å². The van der Waals surface area contributed by atoms with Crippen LogP contribution in [0, 0.1) is 0 Å². The summed E-state index contributed by atoms with van der Waals surface area (Å²) >= 11 is 0. The van der Waals surface area contributed by atoms with E-state index in [4.69, 9.17) is 5.73 Å². The molecule has 0 aromatic carbocycles. The average molecular weight is 216 g/mol. The Balaban J connectivity index is 3.32. The topological polar surface area (TPSA) is 81.4 Å². The molecule has 88 valence electrons. The zero-order valence-corrected chi connectivity index (χ0v) is 9.41. The molecule has 0 heterocycles. The van der Waals surface area contributed by atoms with Gasteiger partial charge in [0.25, 0.3) is 0 Å². The third-order valence-corrected chi connectivity index (χ3v) is 2.01. The number of carbonyl (C=O) groups is 2. The SMILES string of the molecule is CCOC(=O)NCCCCC(N)C(C)=O. The second-order valence-electron chi connectivity index (χ2n) is 3.36. The van der Waals surface area contributed by atoms with Crippen molar-refractivity contribution in [2.24, 2.45) is 5.73 Å². The van der Waals surface area contributed by atoms with Gasteiger partial charge in [0.15, 0.2) is 0 Å². The van der Waals surface area contributed by atoms with Crippen LogP contribution in [0.4, 0.5) is 4.79 Å². The molecule has 0 spiro atoms. The van der Waals surface area contributed by atoms with Crippen molar-refractivity contribution in [3.05, 3.63) is 0 Å². The quantitative estimate of drug-likeness (QED) is 0.617. The van der Waals surface area contributed by atoms with Gasteiger partial charge in [-0.25, -0.2) is 4.79 Å². The third-order valence-electron chi connectivity index (χ3n) is 2.01. The van der Waals surface area contributed by atoms with E-state index in [9.17, 15) is 9.59 Å². The highest BCUT2D eigenvalue weighted by molar-refractivity contribution is 5.81. The summed E-state index contributed by atoms with van der Waals surface area (Å²) in [7, 11) is 0. The number of alkyl carbamates (subject to hydrolysis) is 1. The third kappa shape index (κ3) is 7.93. The highest BCUT2D eigenvalue weighted by Gasteiger charge is 2.06. The van der Waals surface area contributed by atoms with Crippen molar-refractivity contribution in [1.29, 1.82) is 0 Å². The molecule has 5 heteroatoms. The maximum absolute atomic E-state index is 10.8. The number of ketones is 1. The molecule has 0 aliphatic heterocycles. The number of ether oxygens (including phenoxy) is 1. The fraction of sp³-hybridized carbons (Fsp3) is 0.800. The summed E-state index contributed by atoms with van der Waals surface area (Å²) in [5, 5.41) is 2.60. The minimum Gasteiger partial charge on any atom is -0.450 e. The van der Waals surface area contributed by atoms with Crippen LogP contribution in [0.15, 0.2) is 0 Å². The summed E-state index contributed by atoms with van der Waals surface area (Å²) in [6, 6.07) is -0.368. The minimum absolute atomic E-state index is 0.00773. The van der Waals surface area contributed by atoms with E-state index in [2.05, 4.69) is 10.1 Å². The molecule has 1 atom stereocenters. The zero-order valence-electron chi connectivity index (χ0n) is 9.41. The molecule has 0 aromatic heterocycles. The Kier molecular flexibility index (Phi) is 7.62. The molecule has 0 fully saturated rings. The van der Waals surface area contributed by atoms with Gasteiger partial charge >= 0.3 is 6.09 Å². The Morgan fingerprint density at radius 2 is 2.07 bits per heavy atom. The van der Waals surface area contributed by atoms with Crippen LogP contribution in [0.5, 0.6) is 0 Å². The lowest BCUT2D eigenvalue weighted by Gasteiger charge is -2.07. The Morgan fingerprint density at radius 3 is 2.60 bits per heavy atom. The summed E-state index contributed by atoms with van der Waals surface area (Å²) in [6.07, 6.45) is 1.90. The number of amides is 1. The van der Waals surface area contributed by atoms with Gasteiger partial charge < -0.3 is 15.8 Å². The van der Waals surface area contributed by atoms with E-state index in [0.29, 0.717) is 19.6 Å². The van der Waals surface area contributed by atoms with Crippen molar-refractivity contribution >= 4 is 11.9 Å². The summed E-state index contributed by atoms with van der Waals surface area (Å²) in [4.78, 5) is 21.6. The van der Waals surface area contributed by atoms with Crippen LogP contribution in [0.1, 0.15) is 33.1 Å². The van der Waals surface area contributed by atoms with Crippen LogP contribution in [0.3, 0.4) is 0 Å².